The number of carbonyl (C=O) groups is 4. The summed E-state index contributed by atoms with van der Waals surface area (Å²) in [4.78, 5) is 54.7. The van der Waals surface area contributed by atoms with Gasteiger partial charge in [0.1, 0.15) is 0 Å². The second kappa shape index (κ2) is 18.7. The molecule has 0 bridgehead atoms. The van der Waals surface area contributed by atoms with Crippen molar-refractivity contribution in [3.8, 4) is 0 Å². The van der Waals surface area contributed by atoms with Crippen LogP contribution in [0.15, 0.2) is 48.5 Å². The van der Waals surface area contributed by atoms with Crippen LogP contribution in [0.3, 0.4) is 0 Å². The Morgan fingerprint density at radius 2 is 0.577 bits per heavy atom. The van der Waals surface area contributed by atoms with Gasteiger partial charge in [-0.2, -0.15) is 0 Å². The minimum Gasteiger partial charge on any atom is -0.462 e. The first kappa shape index (κ1) is 38.5. The summed E-state index contributed by atoms with van der Waals surface area (Å²) in [5.41, 5.74) is 1.16. The molecule has 5 rings (SSSR count). The van der Waals surface area contributed by atoms with Crippen LogP contribution in [-0.4, -0.2) is 50.3 Å². The molecule has 52 heavy (non-hydrogen) atoms. The monoisotopic (exact) mass is 708 g/mol. The van der Waals surface area contributed by atoms with E-state index in [0.29, 0.717) is 21.5 Å². The Hall–Kier alpha value is -4.72. The molecular formula is C44H52O8. The van der Waals surface area contributed by atoms with Gasteiger partial charge in [-0.1, -0.05) is 103 Å². The fourth-order valence-corrected chi connectivity index (χ4v) is 6.95. The van der Waals surface area contributed by atoms with Crippen LogP contribution in [0.1, 0.15) is 146 Å². The molecule has 0 aliphatic heterocycles. The fraction of sp³-hybridized carbons (Fsp3) is 0.455. The molecule has 8 nitrogen and oxygen atoms in total. The number of rotatable bonds is 20. The van der Waals surface area contributed by atoms with E-state index in [1.807, 2.05) is 24.3 Å². The number of hydrogen-bond donors (Lipinski definition) is 0. The van der Waals surface area contributed by atoms with Crippen molar-refractivity contribution in [3.63, 3.8) is 0 Å². The van der Waals surface area contributed by atoms with E-state index in [-0.39, 0.29) is 48.7 Å². The van der Waals surface area contributed by atoms with Crippen LogP contribution in [0.5, 0.6) is 0 Å². The van der Waals surface area contributed by atoms with Crippen molar-refractivity contribution in [1.82, 2.24) is 0 Å². The SMILES string of the molecule is CCCCCOC(=O)c1ccc2c3ccc(C(=O)OCCCCC)c4c(C(=O)OCCCCC)ccc(c5ccc(C(=O)OCCCCC)c1c25)c43. The molecule has 8 heteroatoms. The summed E-state index contributed by atoms with van der Waals surface area (Å²) in [6.07, 6.45) is 10.7. The molecule has 0 spiro atoms. The summed E-state index contributed by atoms with van der Waals surface area (Å²) >= 11 is 0. The molecule has 0 heterocycles. The molecule has 0 saturated carbocycles. The zero-order valence-corrected chi connectivity index (χ0v) is 31.2. The molecule has 0 N–H and O–H groups in total. The number of hydrogen-bond acceptors (Lipinski definition) is 8. The highest BCUT2D eigenvalue weighted by Crippen LogP contribution is 2.44. The third-order valence-electron chi connectivity index (χ3n) is 9.71. The van der Waals surface area contributed by atoms with Crippen molar-refractivity contribution in [2.45, 2.75) is 105 Å². The number of esters is 4. The Kier molecular flexibility index (Phi) is 13.8. The Bertz CT molecular complexity index is 1750. The molecule has 276 valence electrons. The third-order valence-corrected chi connectivity index (χ3v) is 9.71. The summed E-state index contributed by atoms with van der Waals surface area (Å²) < 4.78 is 22.9. The highest BCUT2D eigenvalue weighted by Gasteiger charge is 2.27. The molecule has 0 aliphatic carbocycles. The van der Waals surface area contributed by atoms with Gasteiger partial charge >= 0.3 is 23.9 Å². The van der Waals surface area contributed by atoms with Crippen molar-refractivity contribution in [2.24, 2.45) is 0 Å². The highest BCUT2D eigenvalue weighted by atomic mass is 16.5. The minimum absolute atomic E-state index is 0.281. The van der Waals surface area contributed by atoms with E-state index >= 15 is 0 Å². The maximum Gasteiger partial charge on any atom is 0.338 e. The quantitative estimate of drug-likeness (QED) is 0.0259. The van der Waals surface area contributed by atoms with Crippen LogP contribution >= 0.6 is 0 Å². The molecule has 5 aromatic carbocycles. The van der Waals surface area contributed by atoms with Crippen LogP contribution in [0.25, 0.3) is 43.1 Å². The van der Waals surface area contributed by atoms with Gasteiger partial charge in [-0.05, 0) is 82.3 Å². The second-order valence-corrected chi connectivity index (χ2v) is 13.5. The molecular weight excluding hydrogens is 656 g/mol. The number of carbonyl (C=O) groups excluding carboxylic acids is 4. The lowest BCUT2D eigenvalue weighted by molar-refractivity contribution is 0.0483. The summed E-state index contributed by atoms with van der Waals surface area (Å²) in [6.45, 7) is 9.47. The first-order chi connectivity index (χ1) is 25.4. The lowest BCUT2D eigenvalue weighted by atomic mass is 9.84. The van der Waals surface area contributed by atoms with Crippen molar-refractivity contribution in [2.75, 3.05) is 26.4 Å². The predicted octanol–water partition coefficient (Wildman–Crippen LogP) is 11.1. The molecule has 0 aliphatic rings. The third kappa shape index (κ3) is 8.32. The van der Waals surface area contributed by atoms with Crippen molar-refractivity contribution in [3.05, 3.63) is 70.8 Å². The van der Waals surface area contributed by atoms with Gasteiger partial charge in [0.05, 0.1) is 48.7 Å². The van der Waals surface area contributed by atoms with E-state index in [1.54, 1.807) is 24.3 Å². The molecule has 0 saturated heterocycles. The maximum absolute atomic E-state index is 13.7. The standard InChI is InChI=1S/C44H52O8/c1-5-9-13-25-49-41(45)33-21-17-29-31-19-23-35(43(47)51-27-15-11-7-3)40-36(44(48)52-28-16-12-8-4)24-20-32(38(31)40)30-18-22-34(39(33)37(29)30)42(46)50-26-14-10-6-2/h17-24H,5-16,25-28H2,1-4H3. The second-order valence-electron chi connectivity index (χ2n) is 13.5. The first-order valence-electron chi connectivity index (χ1n) is 19.3. The summed E-state index contributed by atoms with van der Waals surface area (Å²) in [7, 11) is 0. The average molecular weight is 709 g/mol. The summed E-state index contributed by atoms with van der Waals surface area (Å²) in [5.74, 6) is -2.01. The molecule has 0 aromatic heterocycles. The Balaban J connectivity index is 1.75. The highest BCUT2D eigenvalue weighted by molar-refractivity contribution is 6.38. The molecule has 0 amide bonds. The smallest absolute Gasteiger partial charge is 0.338 e. The average Bonchev–Trinajstić information content (AvgIpc) is 3.16. The molecule has 0 unspecified atom stereocenters. The Morgan fingerprint density at radius 3 is 0.788 bits per heavy atom. The van der Waals surface area contributed by atoms with Gasteiger partial charge in [0.25, 0.3) is 0 Å². The van der Waals surface area contributed by atoms with Gasteiger partial charge in [-0.25, -0.2) is 19.2 Å². The van der Waals surface area contributed by atoms with Crippen LogP contribution in [-0.2, 0) is 18.9 Å². The van der Waals surface area contributed by atoms with Gasteiger partial charge in [0, 0.05) is 10.8 Å². The zero-order chi connectivity index (χ0) is 37.0. The van der Waals surface area contributed by atoms with E-state index in [1.165, 1.54) is 0 Å². The molecule has 0 fully saturated rings. The molecule has 5 aromatic rings. The van der Waals surface area contributed by atoms with Gasteiger partial charge in [0.2, 0.25) is 0 Å². The number of unbranched alkanes of at least 4 members (excludes halogenated alkanes) is 8. The van der Waals surface area contributed by atoms with Gasteiger partial charge in [0.15, 0.2) is 0 Å². The van der Waals surface area contributed by atoms with E-state index in [4.69, 9.17) is 18.9 Å². The minimum atomic E-state index is -0.502. The van der Waals surface area contributed by atoms with E-state index in [0.717, 1.165) is 98.6 Å². The van der Waals surface area contributed by atoms with Crippen molar-refractivity contribution in [1.29, 1.82) is 0 Å². The van der Waals surface area contributed by atoms with Crippen molar-refractivity contribution >= 4 is 67.0 Å². The van der Waals surface area contributed by atoms with E-state index in [9.17, 15) is 19.2 Å². The van der Waals surface area contributed by atoms with Crippen molar-refractivity contribution < 1.29 is 38.1 Å². The lowest BCUT2D eigenvalue weighted by Crippen LogP contribution is -2.13. The predicted molar refractivity (Wildman–Crippen MR) is 207 cm³/mol. The normalized spacial score (nSPS) is 11.5. The van der Waals surface area contributed by atoms with E-state index in [2.05, 4.69) is 27.7 Å². The maximum atomic E-state index is 13.7. The van der Waals surface area contributed by atoms with Crippen LogP contribution in [0, 0.1) is 0 Å². The number of fused-ring (bicyclic) bond motifs is 2. The fourth-order valence-electron chi connectivity index (χ4n) is 6.95. The van der Waals surface area contributed by atoms with Crippen LogP contribution < -0.4 is 0 Å². The topological polar surface area (TPSA) is 105 Å². The Labute approximate surface area is 306 Å². The van der Waals surface area contributed by atoms with E-state index < -0.39 is 23.9 Å². The summed E-state index contributed by atoms with van der Waals surface area (Å²) in [6, 6.07) is 14.3. The summed E-state index contributed by atoms with van der Waals surface area (Å²) in [5, 5.41) is 5.42. The van der Waals surface area contributed by atoms with Gasteiger partial charge in [-0.15, -0.1) is 0 Å². The largest absolute Gasteiger partial charge is 0.462 e. The van der Waals surface area contributed by atoms with Gasteiger partial charge < -0.3 is 18.9 Å². The molecule has 0 radical (unpaired) electrons. The van der Waals surface area contributed by atoms with Crippen LogP contribution in [0.4, 0.5) is 0 Å². The molecule has 0 atom stereocenters. The number of ether oxygens (including phenoxy) is 4. The Morgan fingerprint density at radius 1 is 0.346 bits per heavy atom. The lowest BCUT2D eigenvalue weighted by Gasteiger charge is -2.20. The zero-order valence-electron chi connectivity index (χ0n) is 31.2. The first-order valence-corrected chi connectivity index (χ1v) is 19.3. The van der Waals surface area contributed by atoms with Gasteiger partial charge in [-0.3, -0.25) is 0 Å². The number of benzene rings is 5. The van der Waals surface area contributed by atoms with Crippen LogP contribution in [0.2, 0.25) is 0 Å².